The number of amides is 2. The Bertz CT molecular complexity index is 505. The van der Waals surface area contributed by atoms with Gasteiger partial charge < -0.3 is 20.1 Å². The van der Waals surface area contributed by atoms with Crippen molar-refractivity contribution in [3.05, 3.63) is 22.4 Å². The van der Waals surface area contributed by atoms with Crippen LogP contribution in [-0.4, -0.2) is 47.8 Å². The van der Waals surface area contributed by atoms with Crippen LogP contribution in [0, 0.1) is 5.41 Å². The third kappa shape index (κ3) is 3.36. The lowest BCUT2D eigenvalue weighted by Crippen LogP contribution is -2.53. The van der Waals surface area contributed by atoms with E-state index in [1.807, 2.05) is 24.4 Å². The standard InChI is InChI=1S/C14H20N2O4S/c1-3-16(7-10-5-4-6-21-10)13(19)15-11-8-20-9-14(11,2)12(17)18/h4-6,11H,3,7-9H2,1-2H3,(H,15,19)(H,17,18). The zero-order chi connectivity index (χ0) is 15.5. The van der Waals surface area contributed by atoms with Crippen molar-refractivity contribution in [2.75, 3.05) is 19.8 Å². The van der Waals surface area contributed by atoms with Crippen molar-refractivity contribution < 1.29 is 19.4 Å². The predicted molar refractivity (Wildman–Crippen MR) is 79.3 cm³/mol. The van der Waals surface area contributed by atoms with E-state index >= 15 is 0 Å². The quantitative estimate of drug-likeness (QED) is 0.868. The molecule has 0 spiro atoms. The van der Waals surface area contributed by atoms with Gasteiger partial charge in [-0.15, -0.1) is 11.3 Å². The number of carboxylic acids is 1. The third-order valence-corrected chi connectivity index (χ3v) is 4.70. The summed E-state index contributed by atoms with van der Waals surface area (Å²) in [7, 11) is 0. The molecule has 0 saturated carbocycles. The van der Waals surface area contributed by atoms with Crippen LogP contribution in [0.5, 0.6) is 0 Å². The molecular weight excluding hydrogens is 292 g/mol. The lowest BCUT2D eigenvalue weighted by atomic mass is 9.85. The maximum Gasteiger partial charge on any atom is 0.318 e. The maximum atomic E-state index is 12.3. The summed E-state index contributed by atoms with van der Waals surface area (Å²) in [5.41, 5.74) is -1.07. The minimum absolute atomic E-state index is 0.115. The van der Waals surface area contributed by atoms with Crippen LogP contribution in [0.1, 0.15) is 18.7 Å². The number of ether oxygens (including phenoxy) is 1. The molecule has 6 nitrogen and oxygen atoms in total. The van der Waals surface area contributed by atoms with Gasteiger partial charge in [0.2, 0.25) is 0 Å². The molecule has 2 heterocycles. The molecule has 2 N–H and O–H groups in total. The molecule has 1 aliphatic rings. The topological polar surface area (TPSA) is 78.9 Å². The monoisotopic (exact) mass is 312 g/mol. The van der Waals surface area contributed by atoms with Gasteiger partial charge in [-0.05, 0) is 25.3 Å². The molecule has 0 aromatic carbocycles. The molecule has 1 aromatic heterocycles. The first kappa shape index (κ1) is 15.8. The zero-order valence-corrected chi connectivity index (χ0v) is 13.0. The van der Waals surface area contributed by atoms with Gasteiger partial charge in [-0.2, -0.15) is 0 Å². The first-order chi connectivity index (χ1) is 9.97. The van der Waals surface area contributed by atoms with Gasteiger partial charge in [-0.3, -0.25) is 4.79 Å². The Morgan fingerprint density at radius 2 is 2.38 bits per heavy atom. The molecule has 0 aliphatic carbocycles. The van der Waals surface area contributed by atoms with Crippen molar-refractivity contribution in [3.8, 4) is 0 Å². The van der Waals surface area contributed by atoms with E-state index in [2.05, 4.69) is 5.32 Å². The maximum absolute atomic E-state index is 12.3. The van der Waals surface area contributed by atoms with Gasteiger partial charge in [0.1, 0.15) is 5.41 Å². The van der Waals surface area contributed by atoms with E-state index < -0.39 is 17.4 Å². The lowest BCUT2D eigenvalue weighted by molar-refractivity contribution is -0.148. The van der Waals surface area contributed by atoms with Crippen molar-refractivity contribution >= 4 is 23.3 Å². The fourth-order valence-corrected chi connectivity index (χ4v) is 2.96. The van der Waals surface area contributed by atoms with Crippen LogP contribution in [0.4, 0.5) is 4.79 Å². The summed E-state index contributed by atoms with van der Waals surface area (Å²) in [6.07, 6.45) is 0. The summed E-state index contributed by atoms with van der Waals surface area (Å²) in [4.78, 5) is 26.5. The number of hydrogen-bond donors (Lipinski definition) is 2. The number of nitrogens with one attached hydrogen (secondary N) is 1. The summed E-state index contributed by atoms with van der Waals surface area (Å²) in [6, 6.07) is 3.15. The van der Waals surface area contributed by atoms with Crippen molar-refractivity contribution in [1.29, 1.82) is 0 Å². The second-order valence-corrected chi connectivity index (χ2v) is 6.37. The molecule has 21 heavy (non-hydrogen) atoms. The third-order valence-electron chi connectivity index (χ3n) is 3.84. The Kier molecular flexibility index (Phi) is 4.84. The lowest BCUT2D eigenvalue weighted by Gasteiger charge is -2.28. The highest BCUT2D eigenvalue weighted by atomic mass is 32.1. The van der Waals surface area contributed by atoms with Crippen LogP contribution >= 0.6 is 11.3 Å². The van der Waals surface area contributed by atoms with Gasteiger partial charge in [0.25, 0.3) is 0 Å². The van der Waals surface area contributed by atoms with Crippen LogP contribution in [0.3, 0.4) is 0 Å². The minimum atomic E-state index is -1.07. The molecule has 1 fully saturated rings. The summed E-state index contributed by atoms with van der Waals surface area (Å²) in [5, 5.41) is 14.1. The number of carbonyl (C=O) groups is 2. The minimum Gasteiger partial charge on any atom is -0.481 e. The Morgan fingerprint density at radius 1 is 1.62 bits per heavy atom. The van der Waals surface area contributed by atoms with Crippen molar-refractivity contribution in [2.45, 2.75) is 26.4 Å². The smallest absolute Gasteiger partial charge is 0.318 e. The summed E-state index contributed by atoms with van der Waals surface area (Å²) >= 11 is 1.59. The number of aliphatic carboxylic acids is 1. The van der Waals surface area contributed by atoms with E-state index in [-0.39, 0.29) is 19.2 Å². The molecule has 2 amide bonds. The van der Waals surface area contributed by atoms with Gasteiger partial charge in [0.15, 0.2) is 0 Å². The van der Waals surface area contributed by atoms with E-state index in [1.165, 1.54) is 0 Å². The first-order valence-electron chi connectivity index (χ1n) is 6.86. The Hall–Kier alpha value is -1.60. The molecule has 7 heteroatoms. The number of carboxylic acid groups (broad SMARTS) is 1. The molecule has 1 aromatic rings. The highest BCUT2D eigenvalue weighted by molar-refractivity contribution is 7.09. The number of rotatable bonds is 5. The van der Waals surface area contributed by atoms with E-state index in [0.717, 1.165) is 4.88 Å². The molecule has 1 saturated heterocycles. The zero-order valence-electron chi connectivity index (χ0n) is 12.2. The Labute approximate surface area is 127 Å². The Morgan fingerprint density at radius 3 is 2.95 bits per heavy atom. The average molecular weight is 312 g/mol. The summed E-state index contributed by atoms with van der Waals surface area (Å²) in [6.45, 7) is 4.92. The molecule has 2 unspecified atom stereocenters. The average Bonchev–Trinajstić information content (AvgIpc) is 3.07. The molecule has 0 radical (unpaired) electrons. The predicted octanol–water partition coefficient (Wildman–Crippen LogP) is 1.77. The second kappa shape index (κ2) is 6.44. The molecule has 1 aliphatic heterocycles. The number of nitrogens with zero attached hydrogens (tertiary/aromatic N) is 1. The first-order valence-corrected chi connectivity index (χ1v) is 7.74. The van der Waals surface area contributed by atoms with Crippen LogP contribution in [0.25, 0.3) is 0 Å². The number of urea groups is 1. The van der Waals surface area contributed by atoms with Crippen LogP contribution in [-0.2, 0) is 16.1 Å². The van der Waals surface area contributed by atoms with E-state index in [1.54, 1.807) is 23.2 Å². The summed E-state index contributed by atoms with van der Waals surface area (Å²) in [5.74, 6) is -0.952. The molecule has 2 rings (SSSR count). The van der Waals surface area contributed by atoms with E-state index in [9.17, 15) is 14.7 Å². The number of carbonyl (C=O) groups excluding carboxylic acids is 1. The van der Waals surface area contributed by atoms with Crippen LogP contribution in [0.15, 0.2) is 17.5 Å². The van der Waals surface area contributed by atoms with Gasteiger partial charge in [0, 0.05) is 11.4 Å². The highest BCUT2D eigenvalue weighted by Gasteiger charge is 2.47. The Balaban J connectivity index is 2.00. The van der Waals surface area contributed by atoms with Crippen molar-refractivity contribution in [1.82, 2.24) is 10.2 Å². The van der Waals surface area contributed by atoms with Gasteiger partial charge in [-0.1, -0.05) is 6.07 Å². The van der Waals surface area contributed by atoms with Crippen LogP contribution < -0.4 is 5.32 Å². The SMILES string of the molecule is CCN(Cc1cccs1)C(=O)NC1COCC1(C)C(=O)O. The fourth-order valence-electron chi connectivity index (χ4n) is 2.24. The molecule has 0 bridgehead atoms. The second-order valence-electron chi connectivity index (χ2n) is 5.33. The highest BCUT2D eigenvalue weighted by Crippen LogP contribution is 2.29. The van der Waals surface area contributed by atoms with Crippen molar-refractivity contribution in [3.63, 3.8) is 0 Å². The largest absolute Gasteiger partial charge is 0.481 e. The van der Waals surface area contributed by atoms with Crippen molar-refractivity contribution in [2.24, 2.45) is 5.41 Å². The summed E-state index contributed by atoms with van der Waals surface area (Å²) < 4.78 is 5.24. The van der Waals surface area contributed by atoms with E-state index in [4.69, 9.17) is 4.74 Å². The van der Waals surface area contributed by atoms with Gasteiger partial charge in [0.05, 0.1) is 25.8 Å². The number of thiophene rings is 1. The van der Waals surface area contributed by atoms with Gasteiger partial charge >= 0.3 is 12.0 Å². The molecule has 116 valence electrons. The normalized spacial score (nSPS) is 24.8. The van der Waals surface area contributed by atoms with Gasteiger partial charge in [-0.25, -0.2) is 4.79 Å². The molecule has 2 atom stereocenters. The molecular formula is C14H20N2O4S. The van der Waals surface area contributed by atoms with E-state index in [0.29, 0.717) is 13.1 Å². The van der Waals surface area contributed by atoms with Crippen LogP contribution in [0.2, 0.25) is 0 Å². The number of hydrogen-bond acceptors (Lipinski definition) is 4. The fraction of sp³-hybridized carbons (Fsp3) is 0.571.